The number of hydrogen-bond acceptors (Lipinski definition) is 3. The molecule has 1 fully saturated rings. The van der Waals surface area contributed by atoms with Gasteiger partial charge >= 0.3 is 0 Å². The second kappa shape index (κ2) is 7.65. The minimum Gasteiger partial charge on any atom is -0.491 e. The third kappa shape index (κ3) is 4.50. The molecule has 3 nitrogen and oxygen atoms in total. The molecule has 2 rings (SSSR count). The van der Waals surface area contributed by atoms with Gasteiger partial charge in [-0.05, 0) is 45.6 Å². The lowest BCUT2D eigenvalue weighted by Gasteiger charge is -2.25. The van der Waals surface area contributed by atoms with Crippen LogP contribution in [0.15, 0.2) is 24.3 Å². The molecule has 0 spiro atoms. The molecule has 1 saturated heterocycles. The number of nitrogens with one attached hydrogen (secondary N) is 1. The second-order valence-corrected chi connectivity index (χ2v) is 5.92. The Kier molecular flexibility index (Phi) is 5.86. The molecule has 0 saturated carbocycles. The van der Waals surface area contributed by atoms with Crippen molar-refractivity contribution < 1.29 is 9.47 Å². The molecule has 0 amide bonds. The van der Waals surface area contributed by atoms with E-state index in [2.05, 4.69) is 44.3 Å². The monoisotopic (exact) mass is 277 g/mol. The highest BCUT2D eigenvalue weighted by Crippen LogP contribution is 2.26. The van der Waals surface area contributed by atoms with E-state index >= 15 is 0 Å². The summed E-state index contributed by atoms with van der Waals surface area (Å²) in [5.41, 5.74) is 1.23. The standard InChI is InChI=1S/C17H27NO2/c1-13(2)20-17-9-5-4-8-16(17)14(3)18-11-15-7-6-10-19-12-15/h4-5,8-9,13-15,18H,6-7,10-12H2,1-3H3. The van der Waals surface area contributed by atoms with Gasteiger partial charge in [0, 0.05) is 24.8 Å². The zero-order valence-corrected chi connectivity index (χ0v) is 12.9. The Labute approximate surface area is 122 Å². The molecule has 2 unspecified atom stereocenters. The first kappa shape index (κ1) is 15.3. The van der Waals surface area contributed by atoms with Crippen molar-refractivity contribution in [2.75, 3.05) is 19.8 Å². The number of benzene rings is 1. The molecule has 0 aliphatic carbocycles. The van der Waals surface area contributed by atoms with E-state index in [9.17, 15) is 0 Å². The van der Waals surface area contributed by atoms with Crippen LogP contribution in [0.25, 0.3) is 0 Å². The van der Waals surface area contributed by atoms with Crippen molar-refractivity contribution in [2.24, 2.45) is 5.92 Å². The van der Waals surface area contributed by atoms with Crippen LogP contribution in [0.3, 0.4) is 0 Å². The molecule has 1 aromatic carbocycles. The summed E-state index contributed by atoms with van der Waals surface area (Å²) in [5.74, 6) is 1.63. The molecule has 20 heavy (non-hydrogen) atoms. The third-order valence-electron chi connectivity index (χ3n) is 3.72. The normalized spacial score (nSPS) is 20.9. The molecule has 112 valence electrons. The zero-order valence-electron chi connectivity index (χ0n) is 12.9. The molecule has 0 radical (unpaired) electrons. The highest BCUT2D eigenvalue weighted by molar-refractivity contribution is 5.35. The maximum absolute atomic E-state index is 5.89. The van der Waals surface area contributed by atoms with Gasteiger partial charge in [-0.2, -0.15) is 0 Å². The predicted molar refractivity (Wildman–Crippen MR) is 82.2 cm³/mol. The van der Waals surface area contributed by atoms with E-state index < -0.39 is 0 Å². The second-order valence-electron chi connectivity index (χ2n) is 5.92. The van der Waals surface area contributed by atoms with E-state index in [0.717, 1.165) is 25.5 Å². The average Bonchev–Trinajstić information content (AvgIpc) is 2.46. The van der Waals surface area contributed by atoms with Gasteiger partial charge in [-0.3, -0.25) is 0 Å². The van der Waals surface area contributed by atoms with Gasteiger partial charge in [0.1, 0.15) is 5.75 Å². The minimum atomic E-state index is 0.204. The highest BCUT2D eigenvalue weighted by Gasteiger charge is 2.17. The molecule has 1 N–H and O–H groups in total. The molecule has 1 aliphatic rings. The molecular weight excluding hydrogens is 250 g/mol. The SMILES string of the molecule is CC(C)Oc1ccccc1C(C)NCC1CCCOC1. The first-order valence-electron chi connectivity index (χ1n) is 7.73. The van der Waals surface area contributed by atoms with E-state index in [1.807, 2.05) is 6.07 Å². The molecule has 2 atom stereocenters. The van der Waals surface area contributed by atoms with Crippen molar-refractivity contribution in [2.45, 2.75) is 45.8 Å². The van der Waals surface area contributed by atoms with Crippen LogP contribution in [-0.4, -0.2) is 25.9 Å². The van der Waals surface area contributed by atoms with Gasteiger partial charge in [-0.1, -0.05) is 18.2 Å². The quantitative estimate of drug-likeness (QED) is 0.862. The van der Waals surface area contributed by atoms with Crippen LogP contribution in [0.1, 0.15) is 45.2 Å². The van der Waals surface area contributed by atoms with Gasteiger partial charge in [0.25, 0.3) is 0 Å². The number of hydrogen-bond donors (Lipinski definition) is 1. The van der Waals surface area contributed by atoms with Crippen LogP contribution >= 0.6 is 0 Å². The van der Waals surface area contributed by atoms with Crippen LogP contribution < -0.4 is 10.1 Å². The van der Waals surface area contributed by atoms with Gasteiger partial charge in [0.15, 0.2) is 0 Å². The van der Waals surface area contributed by atoms with E-state index in [1.54, 1.807) is 0 Å². The Morgan fingerprint density at radius 1 is 1.30 bits per heavy atom. The summed E-state index contributed by atoms with van der Waals surface area (Å²) in [6.45, 7) is 9.16. The van der Waals surface area contributed by atoms with Crippen molar-refractivity contribution in [1.29, 1.82) is 0 Å². The molecule has 0 aromatic heterocycles. The number of rotatable bonds is 6. The Morgan fingerprint density at radius 3 is 2.80 bits per heavy atom. The molecular formula is C17H27NO2. The summed E-state index contributed by atoms with van der Waals surface area (Å²) in [5, 5.41) is 3.62. The Bertz CT molecular complexity index is 400. The van der Waals surface area contributed by atoms with Crippen LogP contribution in [0.2, 0.25) is 0 Å². The van der Waals surface area contributed by atoms with Crippen LogP contribution in [0.4, 0.5) is 0 Å². The molecule has 1 aromatic rings. The highest BCUT2D eigenvalue weighted by atomic mass is 16.5. The predicted octanol–water partition coefficient (Wildman–Crippen LogP) is 3.55. The summed E-state index contributed by atoms with van der Waals surface area (Å²) in [6, 6.07) is 8.60. The van der Waals surface area contributed by atoms with Crippen molar-refractivity contribution >= 4 is 0 Å². The van der Waals surface area contributed by atoms with Crippen LogP contribution in [-0.2, 0) is 4.74 Å². The fraction of sp³-hybridized carbons (Fsp3) is 0.647. The Balaban J connectivity index is 1.92. The van der Waals surface area contributed by atoms with Gasteiger partial charge in [-0.25, -0.2) is 0 Å². The van der Waals surface area contributed by atoms with Crippen molar-refractivity contribution in [1.82, 2.24) is 5.32 Å². The summed E-state index contributed by atoms with van der Waals surface area (Å²) in [7, 11) is 0. The number of para-hydroxylation sites is 1. The lowest BCUT2D eigenvalue weighted by atomic mass is 10.0. The van der Waals surface area contributed by atoms with E-state index in [1.165, 1.54) is 18.4 Å². The summed E-state index contributed by atoms with van der Waals surface area (Å²) in [4.78, 5) is 0. The smallest absolute Gasteiger partial charge is 0.124 e. The molecule has 3 heteroatoms. The zero-order chi connectivity index (χ0) is 14.4. The molecule has 0 bridgehead atoms. The van der Waals surface area contributed by atoms with E-state index in [-0.39, 0.29) is 6.10 Å². The first-order valence-corrected chi connectivity index (χ1v) is 7.73. The maximum atomic E-state index is 5.89. The van der Waals surface area contributed by atoms with Gasteiger partial charge in [0.2, 0.25) is 0 Å². The summed E-state index contributed by atoms with van der Waals surface area (Å²) in [6.07, 6.45) is 2.66. The van der Waals surface area contributed by atoms with E-state index in [4.69, 9.17) is 9.47 Å². The van der Waals surface area contributed by atoms with Gasteiger partial charge < -0.3 is 14.8 Å². The van der Waals surface area contributed by atoms with Crippen molar-refractivity contribution in [3.8, 4) is 5.75 Å². The summed E-state index contributed by atoms with van der Waals surface area (Å²) < 4.78 is 11.4. The lowest BCUT2D eigenvalue weighted by molar-refractivity contribution is 0.0539. The average molecular weight is 277 g/mol. The van der Waals surface area contributed by atoms with E-state index in [0.29, 0.717) is 12.0 Å². The minimum absolute atomic E-state index is 0.204. The van der Waals surface area contributed by atoms with Crippen molar-refractivity contribution in [3.63, 3.8) is 0 Å². The molecule has 1 aliphatic heterocycles. The summed E-state index contributed by atoms with van der Waals surface area (Å²) >= 11 is 0. The maximum Gasteiger partial charge on any atom is 0.124 e. The van der Waals surface area contributed by atoms with Crippen LogP contribution in [0.5, 0.6) is 5.75 Å². The number of ether oxygens (including phenoxy) is 2. The van der Waals surface area contributed by atoms with Crippen LogP contribution in [0, 0.1) is 5.92 Å². The first-order chi connectivity index (χ1) is 9.66. The topological polar surface area (TPSA) is 30.5 Å². The fourth-order valence-electron chi connectivity index (χ4n) is 2.62. The molecule has 1 heterocycles. The lowest BCUT2D eigenvalue weighted by Crippen LogP contribution is -2.31. The van der Waals surface area contributed by atoms with Gasteiger partial charge in [0.05, 0.1) is 12.7 Å². The Hall–Kier alpha value is -1.06. The fourth-order valence-corrected chi connectivity index (χ4v) is 2.62. The third-order valence-corrected chi connectivity index (χ3v) is 3.72. The largest absolute Gasteiger partial charge is 0.491 e. The van der Waals surface area contributed by atoms with Gasteiger partial charge in [-0.15, -0.1) is 0 Å². The van der Waals surface area contributed by atoms with Crippen molar-refractivity contribution in [3.05, 3.63) is 29.8 Å². The Morgan fingerprint density at radius 2 is 2.10 bits per heavy atom.